The highest BCUT2D eigenvalue weighted by atomic mass is 33.1. The highest BCUT2D eigenvalue weighted by Gasteiger charge is 2.78. The smallest absolute Gasteiger partial charge is 0.407 e. The number of methoxy groups -OCH3 is 1. The minimum Gasteiger partial charge on any atom is -0.496 e. The lowest BCUT2D eigenvalue weighted by Gasteiger charge is -2.63. The summed E-state index contributed by atoms with van der Waals surface area (Å²) in [4.78, 5) is 156. The van der Waals surface area contributed by atoms with Gasteiger partial charge < -0.3 is 51.0 Å². The van der Waals surface area contributed by atoms with E-state index in [4.69, 9.17) is 48.5 Å². The third-order valence-electron chi connectivity index (χ3n) is 23.4. The van der Waals surface area contributed by atoms with Crippen LogP contribution < -0.4 is 31.6 Å². The van der Waals surface area contributed by atoms with E-state index in [9.17, 15) is 47.7 Å². The number of alkyl carbamates (subject to hydrolysis) is 1. The molecule has 117 heavy (non-hydrogen) atoms. The average Bonchev–Trinajstić information content (AvgIpc) is 1.49. The molecular weight excluding hydrogens is 1580 g/mol. The summed E-state index contributed by atoms with van der Waals surface area (Å²) in [6.07, 6.45) is 11.6. The largest absolute Gasteiger partial charge is 0.496 e. The Morgan fingerprint density at radius 3 is 2.30 bits per heavy atom. The van der Waals surface area contributed by atoms with Gasteiger partial charge in [0, 0.05) is 138 Å². The van der Waals surface area contributed by atoms with Crippen molar-refractivity contribution in [2.45, 2.75) is 170 Å². The fourth-order valence-corrected chi connectivity index (χ4v) is 20.7. The molecule has 10 N–H and O–H groups in total. The van der Waals surface area contributed by atoms with Crippen LogP contribution in [0.5, 0.6) is 5.75 Å². The van der Waals surface area contributed by atoms with Crippen LogP contribution in [-0.2, 0) is 106 Å². The van der Waals surface area contributed by atoms with Gasteiger partial charge in [-0.2, -0.15) is 42.2 Å². The van der Waals surface area contributed by atoms with Crippen molar-refractivity contribution in [2.24, 2.45) is 11.3 Å². The van der Waals surface area contributed by atoms with Crippen molar-refractivity contribution in [1.29, 1.82) is 0 Å². The third kappa shape index (κ3) is 19.7. The molecule has 1 spiro atoms. The minimum atomic E-state index is -4.69. The summed E-state index contributed by atoms with van der Waals surface area (Å²) < 4.78 is 49.0. The standard InChI is InChI=1S/C76H96N14O15S3.3CO2/c1-6-73(98)40-47-39-72(3,64-52(25-29-88(43-47)45-73)51-14-8-9-15-55(51)82-64)54-37-53-57(38-60(54)103-5)87(4)68-75(53)27-30-89-28-13-26-74(7-2,67(75)89)69(96)76(68,99)61(93)42-79-71(97)104-33-35-107-106-34-12-17-59(92)56(36-50-44-90(86-85-50)31-32-105-108(100,101)102)81-62(94)18-11-10-16-58(91)48-22-19-46(20-23-48)21-24-49-41-78-65-63(80-49)66(95)84-70(77)83-65;3*2-1-3/h8-9,13-15,19-20,22-23,26,37-38,41,44,47,56,67-69,82,96,98-99H,6-7,10-12,16-18,21,24-25,27-36,39-40,42-43,45H2,1-5H3,(H,79,97)(H,81,94)(H,100,101,102)(H3,77,78,83,84,95);;;/t47-,56-,67-,68+,69+,72+,73-,74+,75+,76-;;;/m0.../s1. The van der Waals surface area contributed by atoms with E-state index in [0.717, 1.165) is 58.5 Å². The number of likely N-dealkylation sites (N-methyl/N-ethyl adjacent to an activating group) is 1. The number of H-pyrrole nitrogens is 2. The molecule has 3 aromatic carbocycles. The molecule has 2 amide bonds. The maximum atomic E-state index is 15.3. The fraction of sp³-hybridized carbons (Fsp3) is 0.519. The molecule has 7 aromatic rings. The summed E-state index contributed by atoms with van der Waals surface area (Å²) in [7, 11) is 1.73. The number of aromatic nitrogens is 8. The highest BCUT2D eigenvalue weighted by Crippen LogP contribution is 2.68. The molecule has 38 heteroatoms. The lowest BCUT2D eigenvalue weighted by molar-refractivity contribution is -0.201. The van der Waals surface area contributed by atoms with Crippen LogP contribution >= 0.6 is 21.6 Å². The number of benzene rings is 3. The number of amides is 2. The number of aryl methyl sites for hydroxylation is 2. The molecule has 0 radical (unpaired) electrons. The first kappa shape index (κ1) is 89.3. The van der Waals surface area contributed by atoms with Crippen molar-refractivity contribution in [2.75, 3.05) is 88.8 Å². The Kier molecular flexibility index (Phi) is 29.8. The number of carbonyl (C=O) groups excluding carboxylic acids is 11. The molecule has 2 bridgehead atoms. The first-order valence-electron chi connectivity index (χ1n) is 38.4. The van der Waals surface area contributed by atoms with Crippen molar-refractivity contribution >= 4 is 113 Å². The van der Waals surface area contributed by atoms with E-state index in [2.05, 4.69) is 110 Å². The van der Waals surface area contributed by atoms with Crippen molar-refractivity contribution < 1.29 is 94.7 Å². The van der Waals surface area contributed by atoms with Gasteiger partial charge in [0.1, 0.15) is 18.5 Å². The number of carbonyl (C=O) groups is 5. The molecular formula is C79H96N14O21S3. The Balaban J connectivity index is 0.00000153. The summed E-state index contributed by atoms with van der Waals surface area (Å²) in [5, 5.41) is 53.5. The van der Waals surface area contributed by atoms with Crippen molar-refractivity contribution in [1.82, 2.24) is 60.3 Å². The number of unbranched alkanes of at least 4 members (excludes halogenated alkanes) is 1. The van der Waals surface area contributed by atoms with Crippen molar-refractivity contribution in [3.05, 3.63) is 140 Å². The monoisotopic (exact) mass is 1670 g/mol. The van der Waals surface area contributed by atoms with E-state index in [1.807, 2.05) is 43.2 Å². The molecule has 626 valence electrons. The van der Waals surface area contributed by atoms with E-state index in [0.29, 0.717) is 118 Å². The number of fused-ring (bicyclic) bond motifs is 7. The number of piperidine rings is 1. The Hall–Kier alpha value is -10.0. The molecule has 13 rings (SSSR count). The van der Waals surface area contributed by atoms with E-state index in [-0.39, 0.29) is 97.9 Å². The van der Waals surface area contributed by atoms with E-state index in [1.54, 1.807) is 25.4 Å². The molecule has 6 aliphatic rings. The Morgan fingerprint density at radius 1 is 0.855 bits per heavy atom. The van der Waals surface area contributed by atoms with Gasteiger partial charge in [0.2, 0.25) is 11.9 Å². The number of ether oxygens (including phenoxy) is 2. The van der Waals surface area contributed by atoms with E-state index in [1.165, 1.54) is 38.0 Å². The topological polar surface area (TPSA) is 508 Å². The van der Waals surface area contributed by atoms with Crippen LogP contribution in [0.4, 0.5) is 16.4 Å². The van der Waals surface area contributed by atoms with Gasteiger partial charge in [0.05, 0.1) is 62.1 Å². The number of nitrogens with zero attached hydrogens (tertiary/aromatic N) is 9. The average molecular weight is 1670 g/mol. The normalized spacial score (nSPS) is 24.2. The molecule has 1 unspecified atom stereocenters. The number of aliphatic hydroxyl groups excluding tert-OH is 1. The number of anilines is 2. The maximum absolute atomic E-state index is 15.3. The quantitative estimate of drug-likeness (QED) is 0.00930. The van der Waals surface area contributed by atoms with Gasteiger partial charge in [-0.3, -0.25) is 43.3 Å². The minimum absolute atomic E-state index is 0.0289. The number of Topliss-reactive ketones (excluding diaryl/α,β-unsaturated/α-hetero) is 3. The number of nitrogen functional groups attached to an aromatic ring is 1. The predicted octanol–water partition coefficient (Wildman–Crippen LogP) is 4.35. The third-order valence-corrected chi connectivity index (χ3v) is 26.3. The van der Waals surface area contributed by atoms with Gasteiger partial charge in [0.15, 0.2) is 34.1 Å². The zero-order valence-electron chi connectivity index (χ0n) is 65.4. The second-order valence-corrected chi connectivity index (χ2v) is 34.1. The Labute approximate surface area is 681 Å². The summed E-state index contributed by atoms with van der Waals surface area (Å²) in [5.74, 6) is 0.0486. The van der Waals surface area contributed by atoms with Crippen LogP contribution in [0.1, 0.15) is 141 Å². The molecule has 1 saturated carbocycles. The summed E-state index contributed by atoms with van der Waals surface area (Å²) in [6, 6.07) is 17.7. The number of hydrogen-bond donors (Lipinski definition) is 9. The van der Waals surface area contributed by atoms with Crippen LogP contribution in [0.2, 0.25) is 0 Å². The summed E-state index contributed by atoms with van der Waals surface area (Å²) in [6.45, 7) is 8.72. The zero-order valence-corrected chi connectivity index (χ0v) is 67.9. The van der Waals surface area contributed by atoms with Gasteiger partial charge in [-0.05, 0) is 119 Å². The lowest BCUT2D eigenvalue weighted by Crippen LogP contribution is -2.81. The lowest BCUT2D eigenvalue weighted by atomic mass is 9.47. The van der Waals surface area contributed by atoms with Crippen LogP contribution in [0.3, 0.4) is 0 Å². The highest BCUT2D eigenvalue weighted by molar-refractivity contribution is 8.76. The number of rotatable bonds is 32. The van der Waals surface area contributed by atoms with E-state index < -0.39 is 92.5 Å². The number of para-hydroxylation sites is 1. The molecule has 4 aromatic heterocycles. The molecule has 11 atom stereocenters. The SMILES string of the molecule is CC[C@]1(O)C[C@H]2CN(CCc3c([nH]c4ccccc34)[C@@](C)(c3cc4c(cc3OC)N(C)[C@H]3[C@@](O)(C(=O)CNC(=O)OCCSSCCCC(=O)[C@H](Cc5cn(CCOS(=O)(=O)O)nn5)NC(=O)CCCCC(=O)c5ccc(CCc6cnc7nc(N)[nH]c(=O)c7n6)cc5)[C@H](O)[C@]5(CC)C=CCN6CC[C@]43[C@@H]65)C2)C1.O=C=O.O=C=O.O=C=O. The molecule has 35 nitrogen and oxygen atoms in total. The van der Waals surface area contributed by atoms with E-state index >= 15 is 4.79 Å². The Bertz CT molecular complexity index is 5060. The van der Waals surface area contributed by atoms with Crippen LogP contribution in [0.25, 0.3) is 22.1 Å². The van der Waals surface area contributed by atoms with Gasteiger partial charge in [-0.15, -0.1) is 5.10 Å². The maximum Gasteiger partial charge on any atom is 0.407 e. The second kappa shape index (κ2) is 39.0. The number of aromatic amines is 2. The van der Waals surface area contributed by atoms with Crippen LogP contribution in [0, 0.1) is 11.3 Å². The molecule has 1 aliphatic carbocycles. The Morgan fingerprint density at radius 2 is 1.58 bits per heavy atom. The first-order valence-corrected chi connectivity index (χ1v) is 42.3. The molecule has 5 aliphatic heterocycles. The predicted molar refractivity (Wildman–Crippen MR) is 423 cm³/mol. The number of aliphatic hydroxyl groups is 3. The molecule has 3 fully saturated rings. The number of ketones is 3. The fourth-order valence-electron chi connectivity index (χ4n) is 18.5. The van der Waals surface area contributed by atoms with Gasteiger partial charge in [-0.1, -0.05) is 95.3 Å². The second-order valence-electron chi connectivity index (χ2n) is 30.3. The first-order chi connectivity index (χ1) is 56.0. The van der Waals surface area contributed by atoms with Crippen molar-refractivity contribution in [3.63, 3.8) is 0 Å². The zero-order chi connectivity index (χ0) is 84.6. The molecule has 9 heterocycles. The van der Waals surface area contributed by atoms with Crippen LogP contribution in [-0.4, -0.2) is 239 Å². The number of nitrogens with two attached hydrogens (primary N) is 1. The van der Waals surface area contributed by atoms with Gasteiger partial charge in [-0.25, -0.2) is 23.6 Å². The van der Waals surface area contributed by atoms with Gasteiger partial charge in [0.25, 0.3) is 5.56 Å². The number of nitrogens with one attached hydrogen (secondary N) is 4. The number of hydrogen-bond acceptors (Lipinski definition) is 31. The van der Waals surface area contributed by atoms with Crippen LogP contribution in [0.15, 0.2) is 90.0 Å². The summed E-state index contributed by atoms with van der Waals surface area (Å²) >= 11 is 0. The van der Waals surface area contributed by atoms with Crippen molar-refractivity contribution in [3.8, 4) is 5.75 Å². The van der Waals surface area contributed by atoms with Gasteiger partial charge >= 0.3 is 34.9 Å². The summed E-state index contributed by atoms with van der Waals surface area (Å²) in [5.41, 5.74) is 7.98. The molecule has 2 saturated heterocycles.